The Bertz CT molecular complexity index is 711. The van der Waals surface area contributed by atoms with Gasteiger partial charge in [0, 0.05) is 24.4 Å². The number of likely N-dealkylation sites (tertiary alicyclic amines) is 1. The molecule has 0 bridgehead atoms. The molecular weight excluding hydrogens is 308 g/mol. The van der Waals surface area contributed by atoms with Crippen LogP contribution in [0.4, 0.5) is 0 Å². The molecule has 1 aliphatic heterocycles. The smallest absolute Gasteiger partial charge is 0.203 e. The summed E-state index contributed by atoms with van der Waals surface area (Å²) in [6.45, 7) is 7.60. The van der Waals surface area contributed by atoms with Crippen LogP contribution in [0.1, 0.15) is 32.7 Å². The Morgan fingerprint density at radius 2 is 1.87 bits per heavy atom. The second-order valence-electron chi connectivity index (χ2n) is 6.41. The highest BCUT2D eigenvalue weighted by molar-refractivity contribution is 7.71. The monoisotopic (exact) mass is 333 g/mol. The summed E-state index contributed by atoms with van der Waals surface area (Å²) in [5, 5.41) is 4.83. The summed E-state index contributed by atoms with van der Waals surface area (Å²) in [7, 11) is 1.68. The highest BCUT2D eigenvalue weighted by Crippen LogP contribution is 2.24. The molecule has 0 aliphatic carbocycles. The first kappa shape index (κ1) is 16.2. The van der Waals surface area contributed by atoms with Crippen molar-refractivity contribution in [2.75, 3.05) is 20.2 Å². The van der Waals surface area contributed by atoms with Gasteiger partial charge >= 0.3 is 0 Å². The predicted molar refractivity (Wildman–Crippen MR) is 93.4 cm³/mol. The quantitative estimate of drug-likeness (QED) is 0.853. The number of hydrogen-bond acceptors (Lipinski definition) is 3. The fourth-order valence-electron chi connectivity index (χ4n) is 3.17. The summed E-state index contributed by atoms with van der Waals surface area (Å²) in [4.78, 5) is 1.57. The fourth-order valence-corrected chi connectivity index (χ4v) is 3.57. The van der Waals surface area contributed by atoms with Crippen molar-refractivity contribution in [3.05, 3.63) is 29.0 Å². The Balaban J connectivity index is 1.98. The van der Waals surface area contributed by atoms with E-state index in [1.165, 1.54) is 25.9 Å². The molecule has 0 unspecified atom stereocenters. The van der Waals surface area contributed by atoms with Gasteiger partial charge in [0.25, 0.3) is 0 Å². The van der Waals surface area contributed by atoms with Gasteiger partial charge in [-0.25, -0.2) is 0 Å². The molecule has 1 N–H and O–H groups in total. The zero-order valence-corrected chi connectivity index (χ0v) is 14.9. The number of aromatic nitrogens is 3. The van der Waals surface area contributed by atoms with Gasteiger partial charge in [0.1, 0.15) is 5.75 Å². The third-order valence-corrected chi connectivity index (χ3v) is 4.83. The van der Waals surface area contributed by atoms with Crippen LogP contribution in [0, 0.1) is 4.77 Å². The van der Waals surface area contributed by atoms with Gasteiger partial charge in [-0.05, 0) is 50.3 Å². The van der Waals surface area contributed by atoms with Crippen LogP contribution < -0.4 is 9.64 Å². The van der Waals surface area contributed by atoms with Gasteiger partial charge in [0.15, 0.2) is 12.5 Å². The lowest BCUT2D eigenvalue weighted by Crippen LogP contribution is -3.09. The first-order chi connectivity index (χ1) is 11.1. The van der Waals surface area contributed by atoms with Gasteiger partial charge in [-0.1, -0.05) is 0 Å². The van der Waals surface area contributed by atoms with Gasteiger partial charge in [0.05, 0.1) is 20.2 Å². The van der Waals surface area contributed by atoms with Gasteiger partial charge < -0.3 is 9.64 Å². The van der Waals surface area contributed by atoms with E-state index in [0.717, 1.165) is 28.6 Å². The number of nitrogens with one attached hydrogen (secondary N) is 1. The molecule has 6 heteroatoms. The van der Waals surface area contributed by atoms with Crippen LogP contribution >= 0.6 is 12.2 Å². The highest BCUT2D eigenvalue weighted by atomic mass is 32.1. The second kappa shape index (κ2) is 6.84. The molecule has 1 saturated heterocycles. The van der Waals surface area contributed by atoms with Crippen molar-refractivity contribution in [3.8, 4) is 17.1 Å². The summed E-state index contributed by atoms with van der Waals surface area (Å²) in [6, 6.07) is 8.30. The van der Waals surface area contributed by atoms with Gasteiger partial charge in [0.2, 0.25) is 4.77 Å². The average molecular weight is 333 g/mol. The zero-order valence-electron chi connectivity index (χ0n) is 14.1. The Kier molecular flexibility index (Phi) is 4.82. The molecule has 1 aliphatic rings. The maximum Gasteiger partial charge on any atom is 0.203 e. The van der Waals surface area contributed by atoms with Crippen molar-refractivity contribution in [2.45, 2.75) is 39.4 Å². The van der Waals surface area contributed by atoms with Crippen LogP contribution in [0.2, 0.25) is 0 Å². The van der Waals surface area contributed by atoms with Gasteiger partial charge in [-0.2, -0.15) is 4.68 Å². The molecule has 2 heterocycles. The van der Waals surface area contributed by atoms with Crippen LogP contribution in [0.25, 0.3) is 11.4 Å². The minimum absolute atomic E-state index is 0.280. The minimum atomic E-state index is 0.280. The lowest BCUT2D eigenvalue weighted by atomic mass is 10.2. The fraction of sp³-hybridized carbons (Fsp3) is 0.529. The van der Waals surface area contributed by atoms with Gasteiger partial charge in [-0.15, -0.1) is 5.10 Å². The first-order valence-corrected chi connectivity index (χ1v) is 8.68. The molecule has 0 atom stereocenters. The number of rotatable bonds is 5. The van der Waals surface area contributed by atoms with E-state index in [9.17, 15) is 0 Å². The van der Waals surface area contributed by atoms with Crippen LogP contribution in [0.15, 0.2) is 24.3 Å². The van der Waals surface area contributed by atoms with Crippen LogP contribution in [0.5, 0.6) is 5.75 Å². The number of methoxy groups -OCH3 is 1. The van der Waals surface area contributed by atoms with Crippen molar-refractivity contribution < 1.29 is 9.64 Å². The topological polar surface area (TPSA) is 36.4 Å². The third-order valence-electron chi connectivity index (χ3n) is 4.42. The summed E-state index contributed by atoms with van der Waals surface area (Å²) in [5.74, 6) is 1.79. The first-order valence-electron chi connectivity index (χ1n) is 8.27. The third kappa shape index (κ3) is 3.33. The standard InChI is InChI=1S/C17H24N4OS/c1-13(2)21-16(14-6-8-15(22-3)9-7-14)18-20(17(21)23)12-19-10-4-5-11-19/h6-9,13H,4-5,10-12H2,1-3H3/p+1. The number of nitrogens with zero attached hydrogens (tertiary/aromatic N) is 3. The van der Waals surface area contributed by atoms with Crippen LogP contribution in [-0.2, 0) is 6.67 Å². The van der Waals surface area contributed by atoms with Crippen molar-refractivity contribution in [1.82, 2.24) is 14.3 Å². The predicted octanol–water partition coefficient (Wildman–Crippen LogP) is 2.31. The van der Waals surface area contributed by atoms with Crippen LogP contribution in [0.3, 0.4) is 0 Å². The molecule has 5 nitrogen and oxygen atoms in total. The SMILES string of the molecule is COc1ccc(-c2nn(C[NH+]3CCCC3)c(=S)n2C(C)C)cc1. The highest BCUT2D eigenvalue weighted by Gasteiger charge is 2.20. The average Bonchev–Trinajstić information content (AvgIpc) is 3.16. The Morgan fingerprint density at radius 1 is 1.22 bits per heavy atom. The van der Waals surface area contributed by atoms with E-state index in [-0.39, 0.29) is 6.04 Å². The van der Waals surface area contributed by atoms with E-state index in [2.05, 4.69) is 18.4 Å². The normalized spacial score (nSPS) is 15.5. The summed E-state index contributed by atoms with van der Waals surface area (Å²) in [6.07, 6.45) is 2.61. The van der Waals surface area contributed by atoms with E-state index >= 15 is 0 Å². The maximum atomic E-state index is 5.70. The molecule has 124 valence electrons. The molecule has 3 rings (SSSR count). The molecule has 0 amide bonds. The molecule has 1 fully saturated rings. The largest absolute Gasteiger partial charge is 0.497 e. The molecule has 23 heavy (non-hydrogen) atoms. The lowest BCUT2D eigenvalue weighted by molar-refractivity contribution is -0.911. The van der Waals surface area contributed by atoms with Crippen molar-refractivity contribution in [3.63, 3.8) is 0 Å². The maximum absolute atomic E-state index is 5.70. The molecule has 0 spiro atoms. The van der Waals surface area contributed by atoms with E-state index in [1.54, 1.807) is 12.0 Å². The molecular formula is C17H25N4OS+. The van der Waals surface area contributed by atoms with Crippen molar-refractivity contribution in [1.29, 1.82) is 0 Å². The molecule has 2 aromatic rings. The Labute approximate surface area is 142 Å². The van der Waals surface area contributed by atoms with Crippen molar-refractivity contribution >= 4 is 12.2 Å². The zero-order chi connectivity index (χ0) is 16.4. The van der Waals surface area contributed by atoms with E-state index in [0.29, 0.717) is 0 Å². The number of hydrogen-bond donors (Lipinski definition) is 1. The minimum Gasteiger partial charge on any atom is -0.497 e. The lowest BCUT2D eigenvalue weighted by Gasteiger charge is -2.12. The molecule has 0 radical (unpaired) electrons. The molecule has 1 aromatic carbocycles. The molecule has 0 saturated carbocycles. The number of quaternary nitrogens is 1. The van der Waals surface area contributed by atoms with E-state index in [1.807, 2.05) is 28.9 Å². The second-order valence-corrected chi connectivity index (χ2v) is 6.78. The van der Waals surface area contributed by atoms with Gasteiger partial charge in [-0.3, -0.25) is 4.57 Å². The Hall–Kier alpha value is -1.66. The van der Waals surface area contributed by atoms with Crippen molar-refractivity contribution in [2.24, 2.45) is 0 Å². The summed E-state index contributed by atoms with van der Waals surface area (Å²) in [5.41, 5.74) is 1.07. The van der Waals surface area contributed by atoms with E-state index in [4.69, 9.17) is 22.1 Å². The summed E-state index contributed by atoms with van der Waals surface area (Å²) >= 11 is 5.70. The van der Waals surface area contributed by atoms with Crippen LogP contribution in [-0.4, -0.2) is 34.5 Å². The number of benzene rings is 1. The van der Waals surface area contributed by atoms with E-state index < -0.39 is 0 Å². The Morgan fingerprint density at radius 3 is 2.43 bits per heavy atom. The molecule has 1 aromatic heterocycles. The number of ether oxygens (including phenoxy) is 1. The summed E-state index contributed by atoms with van der Waals surface area (Å²) < 4.78 is 10.2.